The third-order valence-electron chi connectivity index (χ3n) is 6.23. The van der Waals surface area contributed by atoms with Gasteiger partial charge in [0.2, 0.25) is 0 Å². The van der Waals surface area contributed by atoms with Gasteiger partial charge in [0.1, 0.15) is 17.6 Å². The largest absolute Gasteiger partial charge is 0.488 e. The summed E-state index contributed by atoms with van der Waals surface area (Å²) in [4.78, 5) is 14.1. The number of hydrogen-bond donors (Lipinski definition) is 1. The molecular weight excluding hydrogens is 384 g/mol. The van der Waals surface area contributed by atoms with Gasteiger partial charge in [0.05, 0.1) is 24.5 Å². The van der Waals surface area contributed by atoms with E-state index in [0.29, 0.717) is 29.1 Å². The summed E-state index contributed by atoms with van der Waals surface area (Å²) in [7, 11) is 1.36. The van der Waals surface area contributed by atoms with Crippen LogP contribution in [0.5, 0.6) is 5.75 Å². The van der Waals surface area contributed by atoms with Crippen molar-refractivity contribution in [1.29, 1.82) is 0 Å². The van der Waals surface area contributed by atoms with Gasteiger partial charge in [0.25, 0.3) is 0 Å². The van der Waals surface area contributed by atoms with Crippen molar-refractivity contribution in [2.24, 2.45) is 11.8 Å². The smallest absolute Gasteiger partial charge is 0.337 e. The van der Waals surface area contributed by atoms with Crippen LogP contribution in [-0.2, 0) is 11.3 Å². The number of aromatic nitrogens is 1. The van der Waals surface area contributed by atoms with E-state index in [9.17, 15) is 9.90 Å². The SMILES string of the molecule is COC(=O)c1cccc(O[C@@H]2C[C@@H]3CN(Cc4cc(C(C)C)on4)C[C@@H]3C[C@H]2O)c1. The number of hydrogen-bond acceptors (Lipinski definition) is 7. The van der Waals surface area contributed by atoms with Crippen LogP contribution < -0.4 is 4.74 Å². The van der Waals surface area contributed by atoms with Crippen molar-refractivity contribution in [3.05, 3.63) is 47.3 Å². The predicted molar refractivity (Wildman–Crippen MR) is 110 cm³/mol. The minimum Gasteiger partial charge on any atom is -0.488 e. The van der Waals surface area contributed by atoms with Gasteiger partial charge in [-0.25, -0.2) is 4.79 Å². The van der Waals surface area contributed by atoms with Crippen molar-refractivity contribution in [2.75, 3.05) is 20.2 Å². The Hall–Kier alpha value is -2.38. The molecule has 4 atom stereocenters. The van der Waals surface area contributed by atoms with Gasteiger partial charge in [-0.3, -0.25) is 4.90 Å². The van der Waals surface area contributed by atoms with Gasteiger partial charge >= 0.3 is 5.97 Å². The molecule has 1 N–H and O–H groups in total. The molecule has 2 heterocycles. The summed E-state index contributed by atoms with van der Waals surface area (Å²) in [5, 5.41) is 14.9. The summed E-state index contributed by atoms with van der Waals surface area (Å²) in [6.07, 6.45) is 0.714. The second kappa shape index (κ2) is 8.78. The van der Waals surface area contributed by atoms with Crippen molar-refractivity contribution in [2.45, 2.75) is 51.4 Å². The van der Waals surface area contributed by atoms with E-state index in [4.69, 9.17) is 14.0 Å². The molecule has 0 bridgehead atoms. The van der Waals surface area contributed by atoms with Crippen molar-refractivity contribution in [3.63, 3.8) is 0 Å². The highest BCUT2D eigenvalue weighted by atomic mass is 16.5. The molecule has 4 rings (SSSR count). The predicted octanol–water partition coefficient (Wildman–Crippen LogP) is 3.23. The summed E-state index contributed by atoms with van der Waals surface area (Å²) in [6, 6.07) is 8.98. The van der Waals surface area contributed by atoms with E-state index in [1.807, 2.05) is 12.1 Å². The molecule has 2 aliphatic rings. The van der Waals surface area contributed by atoms with E-state index < -0.39 is 12.1 Å². The number of carbonyl (C=O) groups excluding carboxylic acids is 1. The molecule has 1 aliphatic carbocycles. The fourth-order valence-electron chi connectivity index (χ4n) is 4.64. The summed E-state index contributed by atoms with van der Waals surface area (Å²) in [5.41, 5.74) is 1.41. The molecule has 2 fully saturated rings. The van der Waals surface area contributed by atoms with E-state index in [-0.39, 0.29) is 6.10 Å². The van der Waals surface area contributed by atoms with Gasteiger partial charge in [0.15, 0.2) is 0 Å². The monoisotopic (exact) mass is 414 g/mol. The molecule has 7 heteroatoms. The second-order valence-corrected chi connectivity index (χ2v) is 8.80. The lowest BCUT2D eigenvalue weighted by atomic mass is 9.78. The standard InChI is InChI=1S/C23H30N2O5/c1-14(2)21-10-18(24-30-21)13-25-11-16-8-20(26)22(9-17(16)12-25)29-19-6-4-5-15(7-19)23(27)28-3/h4-7,10,14,16-17,20,22,26H,8-9,11-13H2,1-3H3/t16-,17+,20+,22+/m0/s1. The number of rotatable bonds is 6. The Morgan fingerprint density at radius 3 is 2.73 bits per heavy atom. The zero-order chi connectivity index (χ0) is 21.3. The Bertz CT molecular complexity index is 880. The third kappa shape index (κ3) is 4.52. The molecule has 1 saturated carbocycles. The first-order valence-corrected chi connectivity index (χ1v) is 10.6. The first kappa shape index (κ1) is 20.9. The summed E-state index contributed by atoms with van der Waals surface area (Å²) in [5.74, 6) is 2.36. The fourth-order valence-corrected chi connectivity index (χ4v) is 4.64. The number of nitrogens with zero attached hydrogens (tertiary/aromatic N) is 2. The van der Waals surface area contributed by atoms with Crippen molar-refractivity contribution < 1.29 is 23.9 Å². The topological polar surface area (TPSA) is 85.0 Å². The van der Waals surface area contributed by atoms with Crippen LogP contribution in [0.1, 0.15) is 54.4 Å². The Balaban J connectivity index is 1.37. The first-order chi connectivity index (χ1) is 14.4. The average molecular weight is 415 g/mol. The van der Waals surface area contributed by atoms with Crippen LogP contribution in [-0.4, -0.2) is 53.5 Å². The number of fused-ring (bicyclic) bond motifs is 1. The van der Waals surface area contributed by atoms with E-state index in [1.54, 1.807) is 18.2 Å². The van der Waals surface area contributed by atoms with Gasteiger partial charge in [-0.2, -0.15) is 0 Å². The number of ether oxygens (including phenoxy) is 2. The molecule has 30 heavy (non-hydrogen) atoms. The lowest BCUT2D eigenvalue weighted by Crippen LogP contribution is -2.42. The maximum absolute atomic E-state index is 11.8. The van der Waals surface area contributed by atoms with Gasteiger partial charge in [-0.1, -0.05) is 25.1 Å². The van der Waals surface area contributed by atoms with Crippen LogP contribution in [0.2, 0.25) is 0 Å². The number of esters is 1. The second-order valence-electron chi connectivity index (χ2n) is 8.80. The zero-order valence-corrected chi connectivity index (χ0v) is 17.8. The number of benzene rings is 1. The Morgan fingerprint density at radius 2 is 2.03 bits per heavy atom. The van der Waals surface area contributed by atoms with Crippen LogP contribution in [0.15, 0.2) is 34.9 Å². The van der Waals surface area contributed by atoms with E-state index in [0.717, 1.165) is 43.9 Å². The van der Waals surface area contributed by atoms with E-state index in [1.165, 1.54) is 7.11 Å². The quantitative estimate of drug-likeness (QED) is 0.727. The fraction of sp³-hybridized carbons (Fsp3) is 0.565. The zero-order valence-electron chi connectivity index (χ0n) is 17.8. The molecule has 1 aliphatic heterocycles. The number of carbonyl (C=O) groups is 1. The van der Waals surface area contributed by atoms with Crippen LogP contribution >= 0.6 is 0 Å². The number of aliphatic hydroxyl groups excluding tert-OH is 1. The lowest BCUT2D eigenvalue weighted by molar-refractivity contribution is -0.0231. The number of methoxy groups -OCH3 is 1. The molecular formula is C23H30N2O5. The minimum atomic E-state index is -0.521. The minimum absolute atomic E-state index is 0.279. The third-order valence-corrected chi connectivity index (χ3v) is 6.23. The van der Waals surface area contributed by atoms with Gasteiger partial charge in [-0.15, -0.1) is 0 Å². The molecule has 0 unspecified atom stereocenters. The molecule has 0 spiro atoms. The molecule has 0 radical (unpaired) electrons. The normalized spacial score (nSPS) is 26.6. The average Bonchev–Trinajstić information content (AvgIpc) is 3.34. The van der Waals surface area contributed by atoms with Crippen LogP contribution in [0.3, 0.4) is 0 Å². The van der Waals surface area contributed by atoms with Crippen LogP contribution in [0.4, 0.5) is 0 Å². The first-order valence-electron chi connectivity index (χ1n) is 10.6. The lowest BCUT2D eigenvalue weighted by Gasteiger charge is -2.35. The van der Waals surface area contributed by atoms with Crippen LogP contribution in [0, 0.1) is 11.8 Å². The molecule has 2 aromatic rings. The summed E-state index contributed by atoms with van der Waals surface area (Å²) >= 11 is 0. The Labute approximate surface area is 176 Å². The van der Waals surface area contributed by atoms with Crippen LogP contribution in [0.25, 0.3) is 0 Å². The highest BCUT2D eigenvalue weighted by molar-refractivity contribution is 5.89. The van der Waals surface area contributed by atoms with Crippen molar-refractivity contribution in [1.82, 2.24) is 10.1 Å². The molecule has 7 nitrogen and oxygen atoms in total. The van der Waals surface area contributed by atoms with Crippen molar-refractivity contribution >= 4 is 5.97 Å². The van der Waals surface area contributed by atoms with Gasteiger partial charge in [0, 0.05) is 31.6 Å². The molecule has 1 aromatic carbocycles. The van der Waals surface area contributed by atoms with Gasteiger partial charge in [-0.05, 0) is 42.9 Å². The summed E-state index contributed by atoms with van der Waals surface area (Å²) in [6.45, 7) is 6.87. The highest BCUT2D eigenvalue weighted by Gasteiger charge is 2.42. The maximum atomic E-state index is 11.8. The van der Waals surface area contributed by atoms with Gasteiger partial charge < -0.3 is 19.1 Å². The van der Waals surface area contributed by atoms with E-state index >= 15 is 0 Å². The molecule has 0 amide bonds. The molecule has 1 aromatic heterocycles. The Kier molecular flexibility index (Phi) is 6.11. The van der Waals surface area contributed by atoms with Crippen molar-refractivity contribution in [3.8, 4) is 5.75 Å². The number of aliphatic hydroxyl groups is 1. The highest BCUT2D eigenvalue weighted by Crippen LogP contribution is 2.38. The molecule has 162 valence electrons. The summed E-state index contributed by atoms with van der Waals surface area (Å²) < 4.78 is 16.3. The Morgan fingerprint density at radius 1 is 1.27 bits per heavy atom. The maximum Gasteiger partial charge on any atom is 0.337 e. The van der Waals surface area contributed by atoms with E-state index in [2.05, 4.69) is 23.9 Å². The molecule has 1 saturated heterocycles. The number of likely N-dealkylation sites (tertiary alicyclic amines) is 1.